The average Bonchev–Trinajstić information content (AvgIpc) is 2.68. The molecule has 2 aromatic heterocycles. The molecule has 1 aromatic carbocycles. The van der Waals surface area contributed by atoms with Gasteiger partial charge >= 0.3 is 0 Å². The maximum absolute atomic E-state index is 13.8. The van der Waals surface area contributed by atoms with Crippen LogP contribution in [-0.4, -0.2) is 29.4 Å². The Hall–Kier alpha value is -2.69. The van der Waals surface area contributed by atoms with Crippen LogP contribution in [0, 0.1) is 5.82 Å². The first-order valence-corrected chi connectivity index (χ1v) is 9.45. The van der Waals surface area contributed by atoms with Crippen molar-refractivity contribution in [2.75, 3.05) is 19.5 Å². The Balaban J connectivity index is 2.23. The molecule has 0 bridgehead atoms. The summed E-state index contributed by atoms with van der Waals surface area (Å²) in [5, 5.41) is 5.41. The highest BCUT2D eigenvalue weighted by Gasteiger charge is 2.21. The van der Waals surface area contributed by atoms with E-state index in [1.165, 1.54) is 36.9 Å². The number of nitrogens with zero attached hydrogens (tertiary/aromatic N) is 2. The molecule has 27 heavy (non-hydrogen) atoms. The molecule has 0 saturated carbocycles. The number of methoxy groups -OCH3 is 1. The van der Waals surface area contributed by atoms with Crippen molar-refractivity contribution >= 4 is 45.7 Å². The van der Waals surface area contributed by atoms with Crippen LogP contribution in [-0.2, 0) is 4.43 Å². The molecule has 2 heterocycles. The van der Waals surface area contributed by atoms with Gasteiger partial charge < -0.3 is 15.4 Å². The SMILES string of the molecule is CNC(=O)c1c(Nc2ccc(F)c(CI)c2)nc2c(OC)cccn2c1=O. The Bertz CT molecular complexity index is 1080. The summed E-state index contributed by atoms with van der Waals surface area (Å²) in [4.78, 5) is 29.6. The lowest BCUT2D eigenvalue weighted by Gasteiger charge is -2.14. The Morgan fingerprint density at radius 3 is 2.81 bits per heavy atom. The number of anilines is 2. The van der Waals surface area contributed by atoms with Gasteiger partial charge in [0.2, 0.25) is 0 Å². The van der Waals surface area contributed by atoms with E-state index in [0.29, 0.717) is 21.4 Å². The van der Waals surface area contributed by atoms with Crippen LogP contribution in [0.25, 0.3) is 5.65 Å². The molecule has 0 fully saturated rings. The minimum absolute atomic E-state index is 0.0647. The van der Waals surface area contributed by atoms with Gasteiger partial charge in [-0.1, -0.05) is 22.6 Å². The van der Waals surface area contributed by atoms with Gasteiger partial charge in [-0.25, -0.2) is 9.37 Å². The monoisotopic (exact) mass is 482 g/mol. The minimum Gasteiger partial charge on any atom is -0.493 e. The van der Waals surface area contributed by atoms with E-state index < -0.39 is 11.5 Å². The molecule has 0 unspecified atom stereocenters. The third kappa shape index (κ3) is 3.59. The summed E-state index contributed by atoms with van der Waals surface area (Å²) in [6, 6.07) is 7.75. The van der Waals surface area contributed by atoms with E-state index in [2.05, 4.69) is 38.2 Å². The second kappa shape index (κ2) is 7.91. The number of aromatic nitrogens is 2. The van der Waals surface area contributed by atoms with Crippen LogP contribution in [0.2, 0.25) is 0 Å². The van der Waals surface area contributed by atoms with E-state index in [-0.39, 0.29) is 22.8 Å². The fourth-order valence-corrected chi connectivity index (χ4v) is 3.19. The highest BCUT2D eigenvalue weighted by Crippen LogP contribution is 2.24. The quantitative estimate of drug-likeness (QED) is 0.432. The maximum atomic E-state index is 13.8. The first-order valence-electron chi connectivity index (χ1n) is 7.93. The Morgan fingerprint density at radius 2 is 2.15 bits per heavy atom. The summed E-state index contributed by atoms with van der Waals surface area (Å²) in [5.74, 6) is -0.457. The highest BCUT2D eigenvalue weighted by atomic mass is 127. The molecule has 0 atom stereocenters. The summed E-state index contributed by atoms with van der Waals surface area (Å²) in [7, 11) is 2.89. The van der Waals surface area contributed by atoms with Gasteiger partial charge in [0.05, 0.1) is 7.11 Å². The van der Waals surface area contributed by atoms with Crippen molar-refractivity contribution in [3.63, 3.8) is 0 Å². The lowest BCUT2D eigenvalue weighted by atomic mass is 10.2. The highest BCUT2D eigenvalue weighted by molar-refractivity contribution is 14.1. The van der Waals surface area contributed by atoms with Gasteiger partial charge in [0, 0.05) is 23.4 Å². The number of carbonyl (C=O) groups excluding carboxylic acids is 1. The van der Waals surface area contributed by atoms with Gasteiger partial charge in [0.15, 0.2) is 17.2 Å². The van der Waals surface area contributed by atoms with E-state index in [0.717, 1.165) is 0 Å². The van der Waals surface area contributed by atoms with E-state index >= 15 is 0 Å². The standard InChI is InChI=1S/C18H16FIN4O3/c1-21-17(25)14-15(22-11-5-6-12(19)10(8-11)9-20)23-16-13(27-2)4-3-7-24(16)18(14)26/h3-8,22H,9H2,1-2H3,(H,21,25). The van der Waals surface area contributed by atoms with E-state index in [1.807, 2.05) is 0 Å². The van der Waals surface area contributed by atoms with Gasteiger partial charge in [-0.2, -0.15) is 0 Å². The summed E-state index contributed by atoms with van der Waals surface area (Å²) < 4.78 is 20.7. The topological polar surface area (TPSA) is 84.7 Å². The molecule has 0 radical (unpaired) electrons. The van der Waals surface area contributed by atoms with Crippen molar-refractivity contribution in [2.45, 2.75) is 4.43 Å². The summed E-state index contributed by atoms with van der Waals surface area (Å²) in [6.45, 7) is 0. The molecule has 2 N–H and O–H groups in total. The molecule has 0 aliphatic heterocycles. The molecule has 0 spiro atoms. The third-order valence-corrected chi connectivity index (χ3v) is 4.77. The van der Waals surface area contributed by atoms with Crippen molar-refractivity contribution < 1.29 is 13.9 Å². The molecule has 3 rings (SSSR count). The van der Waals surface area contributed by atoms with Crippen molar-refractivity contribution in [3.05, 3.63) is 63.8 Å². The van der Waals surface area contributed by atoms with Crippen LogP contribution in [0.15, 0.2) is 41.3 Å². The van der Waals surface area contributed by atoms with Crippen molar-refractivity contribution in [3.8, 4) is 5.75 Å². The number of alkyl halides is 1. The average molecular weight is 482 g/mol. The van der Waals surface area contributed by atoms with Crippen molar-refractivity contribution in [1.29, 1.82) is 0 Å². The number of benzene rings is 1. The van der Waals surface area contributed by atoms with Crippen LogP contribution in [0.5, 0.6) is 5.75 Å². The smallest absolute Gasteiger partial charge is 0.273 e. The van der Waals surface area contributed by atoms with Gasteiger partial charge in [-0.15, -0.1) is 0 Å². The molecule has 0 aliphatic carbocycles. The predicted octanol–water partition coefficient (Wildman–Crippen LogP) is 2.88. The third-order valence-electron chi connectivity index (χ3n) is 3.94. The lowest BCUT2D eigenvalue weighted by Crippen LogP contribution is -2.31. The normalized spacial score (nSPS) is 10.7. The number of nitrogens with one attached hydrogen (secondary N) is 2. The molecule has 1 amide bonds. The first kappa shape index (κ1) is 19.1. The van der Waals surface area contributed by atoms with Crippen LogP contribution < -0.4 is 20.9 Å². The zero-order valence-electron chi connectivity index (χ0n) is 14.5. The van der Waals surface area contributed by atoms with Crippen LogP contribution in [0.3, 0.4) is 0 Å². The van der Waals surface area contributed by atoms with Gasteiger partial charge in [0.25, 0.3) is 11.5 Å². The maximum Gasteiger partial charge on any atom is 0.273 e. The number of pyridine rings is 1. The van der Waals surface area contributed by atoms with E-state index in [1.54, 1.807) is 18.2 Å². The predicted molar refractivity (Wildman–Crippen MR) is 109 cm³/mol. The number of hydrogen-bond acceptors (Lipinski definition) is 5. The fraction of sp³-hybridized carbons (Fsp3) is 0.167. The number of halogens is 2. The van der Waals surface area contributed by atoms with Crippen LogP contribution >= 0.6 is 22.6 Å². The number of hydrogen-bond donors (Lipinski definition) is 2. The fourth-order valence-electron chi connectivity index (χ4n) is 2.61. The molecular weight excluding hydrogens is 466 g/mol. The van der Waals surface area contributed by atoms with Gasteiger partial charge in [0.1, 0.15) is 11.4 Å². The molecule has 140 valence electrons. The first-order chi connectivity index (χ1) is 13.0. The second-order valence-electron chi connectivity index (χ2n) is 5.55. The molecular formula is C18H16FIN4O3. The summed E-state index contributed by atoms with van der Waals surface area (Å²) in [6.07, 6.45) is 1.51. The summed E-state index contributed by atoms with van der Waals surface area (Å²) >= 11 is 2.06. The van der Waals surface area contributed by atoms with Gasteiger partial charge in [-0.05, 0) is 35.9 Å². The van der Waals surface area contributed by atoms with Crippen LogP contribution in [0.1, 0.15) is 15.9 Å². The largest absolute Gasteiger partial charge is 0.493 e. The van der Waals surface area contributed by atoms with E-state index in [9.17, 15) is 14.0 Å². The minimum atomic E-state index is -0.580. The zero-order valence-corrected chi connectivity index (χ0v) is 16.7. The Labute approximate surface area is 167 Å². The number of amides is 1. The van der Waals surface area contributed by atoms with Crippen molar-refractivity contribution in [1.82, 2.24) is 14.7 Å². The molecule has 0 saturated heterocycles. The summed E-state index contributed by atoms with van der Waals surface area (Å²) in [5.41, 5.74) is 0.577. The molecule has 0 aliphatic rings. The van der Waals surface area contributed by atoms with Crippen LogP contribution in [0.4, 0.5) is 15.9 Å². The molecule has 9 heteroatoms. The Morgan fingerprint density at radius 1 is 1.37 bits per heavy atom. The lowest BCUT2D eigenvalue weighted by molar-refractivity contribution is 0.0962. The number of ether oxygens (including phenoxy) is 1. The number of carbonyl (C=O) groups is 1. The van der Waals surface area contributed by atoms with Gasteiger partial charge in [-0.3, -0.25) is 14.0 Å². The Kier molecular flexibility index (Phi) is 5.59. The van der Waals surface area contributed by atoms with E-state index in [4.69, 9.17) is 4.74 Å². The number of fused-ring (bicyclic) bond motifs is 1. The zero-order chi connectivity index (χ0) is 19.6. The van der Waals surface area contributed by atoms with Crippen molar-refractivity contribution in [2.24, 2.45) is 0 Å². The molecule has 7 nitrogen and oxygen atoms in total. The number of rotatable bonds is 5. The second-order valence-corrected chi connectivity index (χ2v) is 6.32. The molecule has 3 aromatic rings.